The third-order valence-electron chi connectivity index (χ3n) is 3.53. The van der Waals surface area contributed by atoms with E-state index in [4.69, 9.17) is 0 Å². The number of hydrogen-bond donors (Lipinski definition) is 2. The average Bonchev–Trinajstić information content (AvgIpc) is 3.20. The topological polar surface area (TPSA) is 92.7 Å². The summed E-state index contributed by atoms with van der Waals surface area (Å²) in [7, 11) is 0. The standard InChI is InChI=1S/C15H19N5O2/c1-3-4-13(21)17-12-8-11(10-5-6-10)19-20(12)15-16-9(2)7-14(22)18-15/h7-8,10H,3-6H2,1-2H3,(H,17,21)(H,16,18,22). The van der Waals surface area contributed by atoms with Crippen molar-refractivity contribution < 1.29 is 4.79 Å². The summed E-state index contributed by atoms with van der Waals surface area (Å²) in [6.45, 7) is 3.70. The van der Waals surface area contributed by atoms with Crippen molar-refractivity contribution in [3.8, 4) is 5.95 Å². The van der Waals surface area contributed by atoms with Crippen LogP contribution in [0.3, 0.4) is 0 Å². The second-order valence-corrected chi connectivity index (χ2v) is 5.65. The van der Waals surface area contributed by atoms with Gasteiger partial charge in [0.25, 0.3) is 5.56 Å². The van der Waals surface area contributed by atoms with Gasteiger partial charge in [0.1, 0.15) is 5.82 Å². The Hall–Kier alpha value is -2.44. The highest BCUT2D eigenvalue weighted by Crippen LogP contribution is 2.40. The molecule has 1 aliphatic rings. The first-order chi connectivity index (χ1) is 10.6. The van der Waals surface area contributed by atoms with E-state index in [1.165, 1.54) is 10.7 Å². The fourth-order valence-electron chi connectivity index (χ4n) is 2.32. The van der Waals surface area contributed by atoms with Crippen molar-refractivity contribution in [2.75, 3.05) is 5.32 Å². The Bertz CT molecular complexity index is 758. The van der Waals surface area contributed by atoms with Crippen molar-refractivity contribution in [3.63, 3.8) is 0 Å². The molecular formula is C15H19N5O2. The molecule has 1 fully saturated rings. The van der Waals surface area contributed by atoms with Crippen LogP contribution in [0, 0.1) is 6.92 Å². The highest BCUT2D eigenvalue weighted by Gasteiger charge is 2.28. The van der Waals surface area contributed by atoms with E-state index < -0.39 is 0 Å². The van der Waals surface area contributed by atoms with Gasteiger partial charge in [0, 0.05) is 30.2 Å². The largest absolute Gasteiger partial charge is 0.310 e. The van der Waals surface area contributed by atoms with E-state index >= 15 is 0 Å². The fourth-order valence-corrected chi connectivity index (χ4v) is 2.32. The minimum absolute atomic E-state index is 0.0685. The van der Waals surface area contributed by atoms with Crippen molar-refractivity contribution >= 4 is 11.7 Å². The first kappa shape index (κ1) is 14.5. The molecule has 0 bridgehead atoms. The van der Waals surface area contributed by atoms with Gasteiger partial charge in [0.05, 0.1) is 5.69 Å². The zero-order chi connectivity index (χ0) is 15.7. The van der Waals surface area contributed by atoms with Crippen molar-refractivity contribution in [3.05, 3.63) is 33.9 Å². The Labute approximate surface area is 127 Å². The quantitative estimate of drug-likeness (QED) is 0.882. The van der Waals surface area contributed by atoms with Crippen LogP contribution in [-0.2, 0) is 4.79 Å². The molecule has 2 N–H and O–H groups in total. The van der Waals surface area contributed by atoms with Gasteiger partial charge in [-0.15, -0.1) is 0 Å². The predicted octanol–water partition coefficient (Wildman–Crippen LogP) is 1.88. The SMILES string of the molecule is CCCC(=O)Nc1cc(C2CC2)nn1-c1nc(C)cc(=O)[nH]1. The van der Waals surface area contributed by atoms with E-state index in [1.807, 2.05) is 13.0 Å². The molecule has 2 heterocycles. The molecular weight excluding hydrogens is 282 g/mol. The van der Waals surface area contributed by atoms with Gasteiger partial charge >= 0.3 is 0 Å². The molecule has 2 aromatic heterocycles. The van der Waals surface area contributed by atoms with Crippen molar-refractivity contribution in [2.45, 2.75) is 45.4 Å². The molecule has 0 spiro atoms. The molecule has 0 aliphatic heterocycles. The first-order valence-electron chi connectivity index (χ1n) is 7.55. The summed E-state index contributed by atoms with van der Waals surface area (Å²) >= 11 is 0. The van der Waals surface area contributed by atoms with Crippen molar-refractivity contribution in [2.24, 2.45) is 0 Å². The first-order valence-corrected chi connectivity index (χ1v) is 7.55. The van der Waals surface area contributed by atoms with Gasteiger partial charge in [-0.05, 0) is 26.2 Å². The number of carbonyl (C=O) groups excluding carboxylic acids is 1. The molecule has 1 aliphatic carbocycles. The lowest BCUT2D eigenvalue weighted by Gasteiger charge is -2.07. The molecule has 2 aromatic rings. The van der Waals surface area contributed by atoms with E-state index in [2.05, 4.69) is 20.4 Å². The number of aryl methyl sites for hydroxylation is 1. The number of rotatable bonds is 5. The van der Waals surface area contributed by atoms with Crippen LogP contribution in [0.25, 0.3) is 5.95 Å². The number of hydrogen-bond acceptors (Lipinski definition) is 4. The van der Waals surface area contributed by atoms with Crippen LogP contribution in [0.4, 0.5) is 5.82 Å². The lowest BCUT2D eigenvalue weighted by molar-refractivity contribution is -0.116. The second-order valence-electron chi connectivity index (χ2n) is 5.65. The smallest absolute Gasteiger partial charge is 0.252 e. The van der Waals surface area contributed by atoms with Gasteiger partial charge < -0.3 is 5.32 Å². The van der Waals surface area contributed by atoms with Crippen molar-refractivity contribution in [1.29, 1.82) is 0 Å². The minimum Gasteiger partial charge on any atom is -0.310 e. The van der Waals surface area contributed by atoms with E-state index in [0.29, 0.717) is 29.8 Å². The summed E-state index contributed by atoms with van der Waals surface area (Å²) in [6.07, 6.45) is 3.44. The molecule has 0 aromatic carbocycles. The number of carbonyl (C=O) groups is 1. The van der Waals surface area contributed by atoms with Crippen LogP contribution in [0.2, 0.25) is 0 Å². The van der Waals surface area contributed by atoms with E-state index in [0.717, 1.165) is 25.0 Å². The molecule has 1 saturated carbocycles. The van der Waals surface area contributed by atoms with Gasteiger partial charge in [-0.25, -0.2) is 4.98 Å². The Morgan fingerprint density at radius 1 is 1.45 bits per heavy atom. The Morgan fingerprint density at radius 3 is 2.86 bits per heavy atom. The number of nitrogens with one attached hydrogen (secondary N) is 2. The summed E-state index contributed by atoms with van der Waals surface area (Å²) in [4.78, 5) is 30.5. The fraction of sp³-hybridized carbons (Fsp3) is 0.467. The van der Waals surface area contributed by atoms with Crippen LogP contribution in [0.1, 0.15) is 49.9 Å². The molecule has 0 radical (unpaired) electrons. The van der Waals surface area contributed by atoms with Gasteiger partial charge in [-0.2, -0.15) is 9.78 Å². The maximum absolute atomic E-state index is 11.9. The van der Waals surface area contributed by atoms with Crippen molar-refractivity contribution in [1.82, 2.24) is 19.7 Å². The number of nitrogens with zero attached hydrogens (tertiary/aromatic N) is 3. The van der Waals surface area contributed by atoms with Crippen LogP contribution < -0.4 is 10.9 Å². The molecule has 7 nitrogen and oxygen atoms in total. The summed E-state index contributed by atoms with van der Waals surface area (Å²) in [5.74, 6) is 1.25. The third-order valence-corrected chi connectivity index (χ3v) is 3.53. The monoisotopic (exact) mass is 301 g/mol. The molecule has 116 valence electrons. The predicted molar refractivity (Wildman–Crippen MR) is 82.2 cm³/mol. The van der Waals surface area contributed by atoms with Gasteiger partial charge in [0.2, 0.25) is 11.9 Å². The minimum atomic E-state index is -0.239. The van der Waals surface area contributed by atoms with E-state index in [-0.39, 0.29) is 11.5 Å². The van der Waals surface area contributed by atoms with Gasteiger partial charge in [-0.3, -0.25) is 14.6 Å². The lowest BCUT2D eigenvalue weighted by Crippen LogP contribution is -2.18. The summed E-state index contributed by atoms with van der Waals surface area (Å²) < 4.78 is 1.51. The van der Waals surface area contributed by atoms with Crippen LogP contribution in [0.5, 0.6) is 0 Å². The highest BCUT2D eigenvalue weighted by molar-refractivity contribution is 5.90. The zero-order valence-electron chi connectivity index (χ0n) is 12.7. The number of aromatic nitrogens is 4. The molecule has 3 rings (SSSR count). The number of aromatic amines is 1. The van der Waals surface area contributed by atoms with Crippen LogP contribution in [0.15, 0.2) is 16.9 Å². The van der Waals surface area contributed by atoms with Gasteiger partial charge in [0.15, 0.2) is 0 Å². The van der Waals surface area contributed by atoms with Gasteiger partial charge in [-0.1, -0.05) is 6.92 Å². The molecule has 0 atom stereocenters. The maximum atomic E-state index is 11.9. The van der Waals surface area contributed by atoms with Crippen LogP contribution >= 0.6 is 0 Å². The Balaban J connectivity index is 2.00. The second kappa shape index (κ2) is 5.75. The zero-order valence-corrected chi connectivity index (χ0v) is 12.7. The summed E-state index contributed by atoms with van der Waals surface area (Å²) in [5, 5.41) is 7.36. The lowest BCUT2D eigenvalue weighted by atomic mass is 10.3. The molecule has 0 unspecified atom stereocenters. The van der Waals surface area contributed by atoms with E-state index in [1.54, 1.807) is 6.92 Å². The third kappa shape index (κ3) is 3.08. The molecule has 22 heavy (non-hydrogen) atoms. The van der Waals surface area contributed by atoms with E-state index in [9.17, 15) is 9.59 Å². The maximum Gasteiger partial charge on any atom is 0.252 e. The molecule has 0 saturated heterocycles. The van der Waals surface area contributed by atoms with Crippen LogP contribution in [-0.4, -0.2) is 25.7 Å². The normalized spacial score (nSPS) is 14.1. The number of amides is 1. The Kier molecular flexibility index (Phi) is 3.79. The Morgan fingerprint density at radius 2 is 2.23 bits per heavy atom. The summed E-state index contributed by atoms with van der Waals surface area (Å²) in [5.41, 5.74) is 1.29. The number of anilines is 1. The molecule has 7 heteroatoms. The number of H-pyrrole nitrogens is 1. The molecule has 1 amide bonds. The highest BCUT2D eigenvalue weighted by atomic mass is 16.1. The summed E-state index contributed by atoms with van der Waals surface area (Å²) in [6, 6.07) is 3.29. The average molecular weight is 301 g/mol.